The fourth-order valence-corrected chi connectivity index (χ4v) is 7.91. The third-order valence-corrected chi connectivity index (χ3v) is 9.26. The summed E-state index contributed by atoms with van der Waals surface area (Å²) >= 11 is 0. The van der Waals surface area contributed by atoms with Crippen molar-refractivity contribution < 1.29 is 10.2 Å². The van der Waals surface area contributed by atoms with Crippen molar-refractivity contribution in [2.75, 3.05) is 0 Å². The van der Waals surface area contributed by atoms with E-state index in [-0.39, 0.29) is 11.5 Å². The van der Waals surface area contributed by atoms with Crippen LogP contribution in [0.4, 0.5) is 0 Å². The first-order valence-corrected chi connectivity index (χ1v) is 10.2. The van der Waals surface area contributed by atoms with Gasteiger partial charge >= 0.3 is 0 Å². The van der Waals surface area contributed by atoms with E-state index in [9.17, 15) is 10.2 Å². The summed E-state index contributed by atoms with van der Waals surface area (Å²) in [4.78, 5) is 0. The Kier molecular flexibility index (Phi) is 4.05. The van der Waals surface area contributed by atoms with Gasteiger partial charge in [0.25, 0.3) is 0 Å². The van der Waals surface area contributed by atoms with E-state index in [1.807, 2.05) is 0 Å². The summed E-state index contributed by atoms with van der Waals surface area (Å²) in [7, 11) is 0. The summed E-state index contributed by atoms with van der Waals surface area (Å²) in [5, 5.41) is 20.5. The Morgan fingerprint density at radius 2 is 1.67 bits per heavy atom. The number of terminal acetylenes is 1. The standard InChI is InChI=1S/C22H34O2/c1-4-20(24)19-8-7-17-16-6-5-14-13-15(23)9-11-21(14,2)18(16)10-12-22(17,19)3/h1,14-20,23-24H,5-13H2,2-3H3/t14-,15?,16-,17-,18-,19+,20?,21-,22-/m0/s1. The Labute approximate surface area is 147 Å². The average molecular weight is 331 g/mol. The van der Waals surface area contributed by atoms with E-state index in [1.54, 1.807) is 0 Å². The van der Waals surface area contributed by atoms with Gasteiger partial charge in [-0.3, -0.25) is 0 Å². The highest BCUT2D eigenvalue weighted by Gasteiger charge is 2.60. The third kappa shape index (κ3) is 2.24. The molecule has 2 heteroatoms. The third-order valence-electron chi connectivity index (χ3n) is 9.26. The van der Waals surface area contributed by atoms with E-state index in [0.717, 1.165) is 42.9 Å². The highest BCUT2D eigenvalue weighted by atomic mass is 16.3. The molecule has 2 nitrogen and oxygen atoms in total. The van der Waals surface area contributed by atoms with Gasteiger partial charge in [-0.2, -0.15) is 0 Å². The van der Waals surface area contributed by atoms with Crippen molar-refractivity contribution in [1.29, 1.82) is 0 Å². The molecule has 0 radical (unpaired) electrons. The van der Waals surface area contributed by atoms with Crippen LogP contribution in [0.5, 0.6) is 0 Å². The van der Waals surface area contributed by atoms with Crippen molar-refractivity contribution in [1.82, 2.24) is 0 Å². The topological polar surface area (TPSA) is 40.5 Å². The van der Waals surface area contributed by atoms with Crippen molar-refractivity contribution in [3.63, 3.8) is 0 Å². The molecule has 9 atom stereocenters. The predicted octanol–water partition coefficient (Wildman–Crippen LogP) is 4.00. The Bertz CT molecular complexity index is 537. The van der Waals surface area contributed by atoms with E-state index in [0.29, 0.717) is 11.3 Å². The van der Waals surface area contributed by atoms with Crippen LogP contribution in [-0.2, 0) is 0 Å². The average Bonchev–Trinajstić information content (AvgIpc) is 2.92. The molecule has 0 aliphatic heterocycles. The minimum Gasteiger partial charge on any atom is -0.393 e. The fourth-order valence-electron chi connectivity index (χ4n) is 7.91. The van der Waals surface area contributed by atoms with Gasteiger partial charge in [0.15, 0.2) is 0 Å². The van der Waals surface area contributed by atoms with Crippen LogP contribution < -0.4 is 0 Å². The number of aliphatic hydroxyl groups is 2. The molecule has 134 valence electrons. The lowest BCUT2D eigenvalue weighted by atomic mass is 9.44. The molecule has 4 saturated carbocycles. The van der Waals surface area contributed by atoms with Gasteiger partial charge in [-0.1, -0.05) is 19.8 Å². The summed E-state index contributed by atoms with van der Waals surface area (Å²) in [5.74, 6) is 6.03. The van der Waals surface area contributed by atoms with Gasteiger partial charge in [-0.05, 0) is 92.3 Å². The molecule has 2 N–H and O–H groups in total. The predicted molar refractivity (Wildman–Crippen MR) is 96.1 cm³/mol. The van der Waals surface area contributed by atoms with Crippen LogP contribution in [-0.4, -0.2) is 22.4 Å². The highest BCUT2D eigenvalue weighted by molar-refractivity contribution is 5.13. The van der Waals surface area contributed by atoms with Gasteiger partial charge in [0.2, 0.25) is 0 Å². The van der Waals surface area contributed by atoms with Crippen LogP contribution in [0.1, 0.15) is 71.6 Å². The Morgan fingerprint density at radius 3 is 2.42 bits per heavy atom. The second kappa shape index (κ2) is 5.75. The van der Waals surface area contributed by atoms with Crippen molar-refractivity contribution >= 4 is 0 Å². The molecular weight excluding hydrogens is 296 g/mol. The molecular formula is C22H34O2. The normalized spacial score (nSPS) is 55.0. The van der Waals surface area contributed by atoms with E-state index in [1.165, 1.54) is 38.5 Å². The van der Waals surface area contributed by atoms with Crippen molar-refractivity contribution in [2.24, 2.45) is 40.4 Å². The van der Waals surface area contributed by atoms with E-state index in [4.69, 9.17) is 6.42 Å². The van der Waals surface area contributed by atoms with Crippen LogP contribution in [0, 0.1) is 52.8 Å². The molecule has 0 spiro atoms. The van der Waals surface area contributed by atoms with Crippen LogP contribution in [0.15, 0.2) is 0 Å². The molecule has 0 heterocycles. The lowest BCUT2D eigenvalue weighted by molar-refractivity contribution is -0.130. The van der Waals surface area contributed by atoms with Crippen LogP contribution in [0.2, 0.25) is 0 Å². The number of hydrogen-bond acceptors (Lipinski definition) is 2. The monoisotopic (exact) mass is 330 g/mol. The van der Waals surface area contributed by atoms with E-state index < -0.39 is 6.10 Å². The Balaban J connectivity index is 1.60. The zero-order chi connectivity index (χ0) is 17.1. The van der Waals surface area contributed by atoms with Crippen molar-refractivity contribution in [3.05, 3.63) is 0 Å². The lowest BCUT2D eigenvalue weighted by Crippen LogP contribution is -2.54. The molecule has 24 heavy (non-hydrogen) atoms. The number of rotatable bonds is 1. The maximum absolute atomic E-state index is 10.4. The molecule has 0 bridgehead atoms. The molecule has 4 aliphatic carbocycles. The second-order valence-corrected chi connectivity index (χ2v) is 9.92. The molecule has 4 fully saturated rings. The summed E-state index contributed by atoms with van der Waals surface area (Å²) in [6.45, 7) is 4.96. The van der Waals surface area contributed by atoms with Gasteiger partial charge in [0.1, 0.15) is 6.10 Å². The van der Waals surface area contributed by atoms with Crippen LogP contribution in [0.25, 0.3) is 0 Å². The zero-order valence-electron chi connectivity index (χ0n) is 15.4. The second-order valence-electron chi connectivity index (χ2n) is 9.92. The lowest BCUT2D eigenvalue weighted by Gasteiger charge is -2.61. The molecule has 2 unspecified atom stereocenters. The molecule has 4 rings (SSSR count). The van der Waals surface area contributed by atoms with Crippen LogP contribution >= 0.6 is 0 Å². The maximum atomic E-state index is 10.4. The molecule has 0 saturated heterocycles. The van der Waals surface area contributed by atoms with E-state index in [2.05, 4.69) is 19.8 Å². The number of fused-ring (bicyclic) bond motifs is 5. The summed E-state index contributed by atoms with van der Waals surface area (Å²) in [6, 6.07) is 0. The van der Waals surface area contributed by atoms with Gasteiger partial charge in [0.05, 0.1) is 6.10 Å². The van der Waals surface area contributed by atoms with Gasteiger partial charge < -0.3 is 10.2 Å². The number of aliphatic hydroxyl groups excluding tert-OH is 2. The van der Waals surface area contributed by atoms with E-state index >= 15 is 0 Å². The van der Waals surface area contributed by atoms with Crippen molar-refractivity contribution in [3.8, 4) is 12.3 Å². The Hall–Kier alpha value is -0.520. The summed E-state index contributed by atoms with van der Waals surface area (Å²) in [6.07, 6.45) is 15.7. The first-order valence-electron chi connectivity index (χ1n) is 10.2. The quantitative estimate of drug-likeness (QED) is 0.714. The Morgan fingerprint density at radius 1 is 0.958 bits per heavy atom. The molecule has 0 amide bonds. The summed E-state index contributed by atoms with van der Waals surface area (Å²) in [5.41, 5.74) is 0.677. The summed E-state index contributed by atoms with van der Waals surface area (Å²) < 4.78 is 0. The zero-order valence-corrected chi connectivity index (χ0v) is 15.4. The van der Waals surface area contributed by atoms with Crippen molar-refractivity contribution in [2.45, 2.75) is 83.8 Å². The minimum absolute atomic E-state index is 0.0601. The van der Waals surface area contributed by atoms with Crippen LogP contribution in [0.3, 0.4) is 0 Å². The maximum Gasteiger partial charge on any atom is 0.117 e. The number of hydrogen-bond donors (Lipinski definition) is 2. The highest BCUT2D eigenvalue weighted by Crippen LogP contribution is 2.67. The molecule has 0 aromatic carbocycles. The molecule has 0 aromatic heterocycles. The fraction of sp³-hybridized carbons (Fsp3) is 0.909. The smallest absolute Gasteiger partial charge is 0.117 e. The largest absolute Gasteiger partial charge is 0.393 e. The first kappa shape index (κ1) is 16.9. The van der Waals surface area contributed by atoms with Gasteiger partial charge in [-0.15, -0.1) is 6.42 Å². The van der Waals surface area contributed by atoms with Gasteiger partial charge in [0, 0.05) is 5.92 Å². The first-order chi connectivity index (χ1) is 11.4. The molecule has 4 aliphatic rings. The van der Waals surface area contributed by atoms with Gasteiger partial charge in [-0.25, -0.2) is 0 Å². The minimum atomic E-state index is -0.562. The molecule has 0 aromatic rings. The SMILES string of the molecule is C#CC(O)[C@H]1CC[C@H]2[C@@H]3CC[C@H]4CC(O)CC[C@]4(C)[C@H]3CC[C@]12C.